The lowest BCUT2D eigenvalue weighted by Crippen LogP contribution is -2.13. The van der Waals surface area contributed by atoms with Crippen LogP contribution in [0.5, 0.6) is 5.88 Å². The summed E-state index contributed by atoms with van der Waals surface area (Å²) in [7, 11) is 5.61. The Balaban J connectivity index is 2.26. The van der Waals surface area contributed by atoms with Gasteiger partial charge in [0.2, 0.25) is 5.88 Å². The number of halogens is 1. The molecule has 112 valence electrons. The van der Waals surface area contributed by atoms with Crippen LogP contribution < -0.4 is 15.0 Å². The second kappa shape index (κ2) is 6.68. The van der Waals surface area contributed by atoms with Gasteiger partial charge in [-0.15, -0.1) is 0 Å². The van der Waals surface area contributed by atoms with Crippen LogP contribution in [0, 0.1) is 6.92 Å². The molecule has 0 saturated carbocycles. The highest BCUT2D eigenvalue weighted by atomic mass is 35.5. The molecule has 2 rings (SSSR count). The summed E-state index contributed by atoms with van der Waals surface area (Å²) >= 11 is 5.99. The third-order valence-electron chi connectivity index (χ3n) is 3.33. The van der Waals surface area contributed by atoms with Crippen LogP contribution in [0.2, 0.25) is 5.02 Å². The Hall–Kier alpha value is -1.94. The second-order valence-corrected chi connectivity index (χ2v) is 5.47. The predicted molar refractivity (Wildman–Crippen MR) is 88.6 cm³/mol. The average Bonchev–Trinajstić information content (AvgIpc) is 2.45. The Morgan fingerprint density at radius 1 is 1.29 bits per heavy atom. The lowest BCUT2D eigenvalue weighted by molar-refractivity contribution is 0.400. The highest BCUT2D eigenvalue weighted by Gasteiger charge is 2.12. The Bertz CT molecular complexity index is 629. The van der Waals surface area contributed by atoms with Crippen LogP contribution in [0.1, 0.15) is 11.1 Å². The van der Waals surface area contributed by atoms with Crippen molar-refractivity contribution in [3.63, 3.8) is 0 Å². The van der Waals surface area contributed by atoms with Crippen molar-refractivity contribution in [1.82, 2.24) is 4.98 Å². The van der Waals surface area contributed by atoms with Gasteiger partial charge >= 0.3 is 0 Å². The van der Waals surface area contributed by atoms with Crippen molar-refractivity contribution >= 4 is 23.0 Å². The van der Waals surface area contributed by atoms with E-state index in [-0.39, 0.29) is 0 Å². The fourth-order valence-corrected chi connectivity index (χ4v) is 2.39. The Morgan fingerprint density at radius 2 is 2.05 bits per heavy atom. The molecule has 21 heavy (non-hydrogen) atoms. The molecule has 0 radical (unpaired) electrons. The number of pyridine rings is 1. The smallest absolute Gasteiger partial charge is 0.239 e. The van der Waals surface area contributed by atoms with Crippen molar-refractivity contribution in [3.8, 4) is 5.88 Å². The average molecular weight is 306 g/mol. The standard InChI is InChI=1S/C16H20ClN3O/c1-11-9-13(17)6-5-12(11)10-19-15-14(20(2)3)7-8-18-16(15)21-4/h5-9,19H,10H2,1-4H3. The molecule has 0 spiro atoms. The zero-order valence-electron chi connectivity index (χ0n) is 12.8. The van der Waals surface area contributed by atoms with E-state index in [0.29, 0.717) is 12.4 Å². The van der Waals surface area contributed by atoms with E-state index in [0.717, 1.165) is 22.0 Å². The van der Waals surface area contributed by atoms with Crippen LogP contribution >= 0.6 is 11.6 Å². The Morgan fingerprint density at radius 3 is 2.67 bits per heavy atom. The van der Waals surface area contributed by atoms with E-state index >= 15 is 0 Å². The number of hydrogen-bond acceptors (Lipinski definition) is 4. The van der Waals surface area contributed by atoms with E-state index in [1.165, 1.54) is 5.56 Å². The SMILES string of the molecule is COc1nccc(N(C)C)c1NCc1ccc(Cl)cc1C. The molecule has 1 heterocycles. The fraction of sp³-hybridized carbons (Fsp3) is 0.312. The summed E-state index contributed by atoms with van der Waals surface area (Å²) < 4.78 is 5.35. The number of hydrogen-bond donors (Lipinski definition) is 1. The van der Waals surface area contributed by atoms with Crippen molar-refractivity contribution in [2.45, 2.75) is 13.5 Å². The van der Waals surface area contributed by atoms with E-state index in [4.69, 9.17) is 16.3 Å². The second-order valence-electron chi connectivity index (χ2n) is 5.03. The maximum absolute atomic E-state index is 5.99. The lowest BCUT2D eigenvalue weighted by atomic mass is 10.1. The molecule has 0 saturated heterocycles. The van der Waals surface area contributed by atoms with Crippen LogP contribution in [-0.2, 0) is 6.54 Å². The zero-order chi connectivity index (χ0) is 15.4. The van der Waals surface area contributed by atoms with E-state index < -0.39 is 0 Å². The molecule has 0 amide bonds. The van der Waals surface area contributed by atoms with Gasteiger partial charge in [-0.25, -0.2) is 4.98 Å². The summed E-state index contributed by atoms with van der Waals surface area (Å²) in [5.41, 5.74) is 4.27. The van der Waals surface area contributed by atoms with Gasteiger partial charge in [-0.05, 0) is 36.2 Å². The largest absolute Gasteiger partial charge is 0.479 e. The molecule has 5 heteroatoms. The molecule has 0 bridgehead atoms. The third kappa shape index (κ3) is 3.58. The first-order chi connectivity index (χ1) is 10.0. The van der Waals surface area contributed by atoms with E-state index in [1.807, 2.05) is 43.3 Å². The van der Waals surface area contributed by atoms with Crippen LogP contribution in [0.25, 0.3) is 0 Å². The summed E-state index contributed by atoms with van der Waals surface area (Å²) in [6, 6.07) is 7.85. The number of methoxy groups -OCH3 is 1. The summed E-state index contributed by atoms with van der Waals surface area (Å²) in [6.07, 6.45) is 1.74. The maximum atomic E-state index is 5.99. The molecule has 4 nitrogen and oxygen atoms in total. The molecule has 0 aliphatic rings. The molecular weight excluding hydrogens is 286 g/mol. The first-order valence-electron chi connectivity index (χ1n) is 6.72. The van der Waals surface area contributed by atoms with Gasteiger partial charge in [-0.3, -0.25) is 0 Å². The zero-order valence-corrected chi connectivity index (χ0v) is 13.5. The monoisotopic (exact) mass is 305 g/mol. The molecule has 1 aromatic carbocycles. The van der Waals surface area contributed by atoms with Crippen molar-refractivity contribution in [2.75, 3.05) is 31.4 Å². The number of nitrogens with one attached hydrogen (secondary N) is 1. The molecule has 2 aromatic rings. The Kier molecular flexibility index (Phi) is 4.91. The van der Waals surface area contributed by atoms with Gasteiger partial charge in [0.1, 0.15) is 5.69 Å². The first-order valence-corrected chi connectivity index (χ1v) is 7.10. The van der Waals surface area contributed by atoms with Crippen molar-refractivity contribution in [1.29, 1.82) is 0 Å². The number of aromatic nitrogens is 1. The number of anilines is 2. The Labute approximate surface area is 130 Å². The molecule has 1 N–H and O–H groups in total. The van der Waals surface area contributed by atoms with Gasteiger partial charge in [0.05, 0.1) is 12.8 Å². The molecule has 0 fully saturated rings. The number of aryl methyl sites for hydroxylation is 1. The van der Waals surface area contributed by atoms with Gasteiger partial charge in [0, 0.05) is 31.9 Å². The van der Waals surface area contributed by atoms with Crippen LogP contribution in [0.15, 0.2) is 30.5 Å². The molecule has 0 aliphatic heterocycles. The maximum Gasteiger partial charge on any atom is 0.239 e. The molecule has 0 aliphatic carbocycles. The topological polar surface area (TPSA) is 37.4 Å². The van der Waals surface area contributed by atoms with Gasteiger partial charge in [-0.2, -0.15) is 0 Å². The number of rotatable bonds is 5. The van der Waals surface area contributed by atoms with Crippen molar-refractivity contribution in [3.05, 3.63) is 46.6 Å². The van der Waals surface area contributed by atoms with E-state index in [2.05, 4.69) is 17.2 Å². The number of nitrogens with zero attached hydrogens (tertiary/aromatic N) is 2. The normalized spacial score (nSPS) is 10.3. The quantitative estimate of drug-likeness (QED) is 0.913. The van der Waals surface area contributed by atoms with Gasteiger partial charge in [0.25, 0.3) is 0 Å². The van der Waals surface area contributed by atoms with Gasteiger partial charge < -0.3 is 15.0 Å². The van der Waals surface area contributed by atoms with E-state index in [9.17, 15) is 0 Å². The summed E-state index contributed by atoms with van der Waals surface area (Å²) in [5.74, 6) is 0.591. The minimum Gasteiger partial charge on any atom is -0.479 e. The van der Waals surface area contributed by atoms with Crippen LogP contribution in [-0.4, -0.2) is 26.2 Å². The lowest BCUT2D eigenvalue weighted by Gasteiger charge is -2.20. The van der Waals surface area contributed by atoms with Crippen molar-refractivity contribution in [2.24, 2.45) is 0 Å². The first kappa shape index (κ1) is 15.4. The fourth-order valence-electron chi connectivity index (χ4n) is 2.17. The van der Waals surface area contributed by atoms with Crippen LogP contribution in [0.4, 0.5) is 11.4 Å². The van der Waals surface area contributed by atoms with Gasteiger partial charge in [-0.1, -0.05) is 17.7 Å². The van der Waals surface area contributed by atoms with Crippen LogP contribution in [0.3, 0.4) is 0 Å². The summed E-state index contributed by atoms with van der Waals surface area (Å²) in [6.45, 7) is 2.74. The van der Waals surface area contributed by atoms with E-state index in [1.54, 1.807) is 13.3 Å². The molecular formula is C16H20ClN3O. The number of benzene rings is 1. The summed E-state index contributed by atoms with van der Waals surface area (Å²) in [4.78, 5) is 6.29. The number of ether oxygens (including phenoxy) is 1. The highest BCUT2D eigenvalue weighted by Crippen LogP contribution is 2.32. The minimum absolute atomic E-state index is 0.591. The highest BCUT2D eigenvalue weighted by molar-refractivity contribution is 6.30. The predicted octanol–water partition coefficient (Wildman–Crippen LogP) is 3.73. The minimum atomic E-state index is 0.591. The molecule has 0 unspecified atom stereocenters. The molecule has 1 aromatic heterocycles. The van der Waals surface area contributed by atoms with Gasteiger partial charge in [0.15, 0.2) is 0 Å². The summed E-state index contributed by atoms with van der Waals surface area (Å²) in [5, 5.41) is 4.17. The third-order valence-corrected chi connectivity index (χ3v) is 3.56. The van der Waals surface area contributed by atoms with Crippen molar-refractivity contribution < 1.29 is 4.74 Å². The molecule has 0 atom stereocenters.